The van der Waals surface area contributed by atoms with Crippen molar-refractivity contribution in [1.82, 2.24) is 5.32 Å². The number of rotatable bonds is 11. The maximum atomic E-state index is 5.72. The van der Waals surface area contributed by atoms with E-state index in [1.54, 1.807) is 7.11 Å². The Kier molecular flexibility index (Phi) is 11.2. The van der Waals surface area contributed by atoms with Gasteiger partial charge in [0.25, 0.3) is 0 Å². The van der Waals surface area contributed by atoms with E-state index < -0.39 is 0 Å². The molecule has 6 heteroatoms. The van der Waals surface area contributed by atoms with E-state index in [0.29, 0.717) is 13.2 Å². The molecule has 0 aromatic heterocycles. The average molecular weight is 340 g/mol. The number of guanidine groups is 1. The standard InChI is InChI=1S/C17H29N3O2S/c1-4-18-17(19-10-6-13-23-3)20-15-8-5-9-16(14-15)22-12-7-11-21-2/h5,8-9,14H,4,6-7,10-13H2,1-3H3,(H2,18,19,20). The summed E-state index contributed by atoms with van der Waals surface area (Å²) in [4.78, 5) is 4.59. The van der Waals surface area contributed by atoms with Gasteiger partial charge in [0.05, 0.1) is 6.61 Å². The molecule has 2 N–H and O–H groups in total. The molecule has 0 amide bonds. The van der Waals surface area contributed by atoms with Crippen molar-refractivity contribution in [2.75, 3.05) is 50.7 Å². The van der Waals surface area contributed by atoms with Gasteiger partial charge in [-0.2, -0.15) is 11.8 Å². The molecule has 130 valence electrons. The second-order valence-electron chi connectivity index (χ2n) is 4.95. The highest BCUT2D eigenvalue weighted by Gasteiger charge is 2.01. The number of anilines is 1. The summed E-state index contributed by atoms with van der Waals surface area (Å²) in [5.74, 6) is 2.79. The van der Waals surface area contributed by atoms with Crippen LogP contribution in [0.5, 0.6) is 5.75 Å². The molecule has 1 aromatic rings. The summed E-state index contributed by atoms with van der Waals surface area (Å²) >= 11 is 1.85. The van der Waals surface area contributed by atoms with Crippen molar-refractivity contribution in [2.24, 2.45) is 4.99 Å². The van der Waals surface area contributed by atoms with Crippen molar-refractivity contribution in [1.29, 1.82) is 0 Å². The predicted molar refractivity (Wildman–Crippen MR) is 101 cm³/mol. The molecule has 1 rings (SSSR count). The zero-order valence-corrected chi connectivity index (χ0v) is 15.2. The molecular formula is C17H29N3O2S. The number of nitrogens with one attached hydrogen (secondary N) is 2. The third kappa shape index (κ3) is 9.36. The number of nitrogens with zero attached hydrogens (tertiary/aromatic N) is 1. The molecule has 5 nitrogen and oxygen atoms in total. The third-order valence-electron chi connectivity index (χ3n) is 2.98. The van der Waals surface area contributed by atoms with E-state index in [-0.39, 0.29) is 0 Å². The fourth-order valence-electron chi connectivity index (χ4n) is 1.90. The van der Waals surface area contributed by atoms with Crippen LogP contribution in [0.25, 0.3) is 0 Å². The van der Waals surface area contributed by atoms with Gasteiger partial charge in [0.15, 0.2) is 5.96 Å². The molecule has 0 spiro atoms. The summed E-state index contributed by atoms with van der Waals surface area (Å²) in [6, 6.07) is 7.93. The van der Waals surface area contributed by atoms with Gasteiger partial charge in [-0.15, -0.1) is 0 Å². The lowest BCUT2D eigenvalue weighted by Crippen LogP contribution is -2.30. The monoisotopic (exact) mass is 339 g/mol. The summed E-state index contributed by atoms with van der Waals surface area (Å²) in [7, 11) is 1.70. The first-order chi connectivity index (χ1) is 11.3. The lowest BCUT2D eigenvalue weighted by molar-refractivity contribution is 0.172. The van der Waals surface area contributed by atoms with E-state index in [2.05, 4.69) is 28.8 Å². The lowest BCUT2D eigenvalue weighted by Gasteiger charge is -2.13. The second kappa shape index (κ2) is 13.1. The van der Waals surface area contributed by atoms with Crippen LogP contribution in [0.3, 0.4) is 0 Å². The highest BCUT2D eigenvalue weighted by Crippen LogP contribution is 2.17. The van der Waals surface area contributed by atoms with Crippen LogP contribution in [0, 0.1) is 0 Å². The lowest BCUT2D eigenvalue weighted by atomic mass is 10.3. The number of aliphatic imine (C=N–C) groups is 1. The van der Waals surface area contributed by atoms with Crippen molar-refractivity contribution in [2.45, 2.75) is 19.8 Å². The molecule has 0 aliphatic heterocycles. The molecule has 0 atom stereocenters. The first kappa shape index (κ1) is 19.6. The van der Waals surface area contributed by atoms with Gasteiger partial charge in [-0.05, 0) is 37.5 Å². The van der Waals surface area contributed by atoms with E-state index in [0.717, 1.165) is 49.1 Å². The second-order valence-corrected chi connectivity index (χ2v) is 5.94. The van der Waals surface area contributed by atoms with Gasteiger partial charge < -0.3 is 20.1 Å². The Hall–Kier alpha value is -1.40. The molecule has 0 unspecified atom stereocenters. The molecule has 0 bridgehead atoms. The van der Waals surface area contributed by atoms with Crippen LogP contribution in [-0.2, 0) is 4.74 Å². The Labute approximate surface area is 144 Å². The zero-order valence-electron chi connectivity index (χ0n) is 14.4. The van der Waals surface area contributed by atoms with E-state index >= 15 is 0 Å². The smallest absolute Gasteiger partial charge is 0.195 e. The molecule has 0 radical (unpaired) electrons. The van der Waals surface area contributed by atoms with E-state index in [9.17, 15) is 0 Å². The Balaban J connectivity index is 2.54. The number of thioether (sulfide) groups is 1. The molecule has 1 aromatic carbocycles. The minimum atomic E-state index is 0.653. The Morgan fingerprint density at radius 1 is 1.26 bits per heavy atom. The Bertz CT molecular complexity index is 455. The van der Waals surface area contributed by atoms with Crippen LogP contribution >= 0.6 is 11.8 Å². The van der Waals surface area contributed by atoms with Gasteiger partial charge in [-0.25, -0.2) is 0 Å². The molecule has 0 aliphatic rings. The Morgan fingerprint density at radius 2 is 2.13 bits per heavy atom. The van der Waals surface area contributed by atoms with Crippen molar-refractivity contribution < 1.29 is 9.47 Å². The highest BCUT2D eigenvalue weighted by atomic mass is 32.2. The van der Waals surface area contributed by atoms with E-state index in [1.165, 1.54) is 0 Å². The van der Waals surface area contributed by atoms with Crippen LogP contribution in [0.4, 0.5) is 5.69 Å². The number of ether oxygens (including phenoxy) is 2. The average Bonchev–Trinajstić information content (AvgIpc) is 2.56. The number of hydrogen-bond acceptors (Lipinski definition) is 4. The summed E-state index contributed by atoms with van der Waals surface area (Å²) in [5, 5.41) is 6.59. The number of benzene rings is 1. The SMILES string of the molecule is CCNC(=NCCCSC)Nc1cccc(OCCCOC)c1. The molecule has 0 saturated carbocycles. The molecule has 0 fully saturated rings. The topological polar surface area (TPSA) is 54.9 Å². The third-order valence-corrected chi connectivity index (χ3v) is 3.68. The molecule has 23 heavy (non-hydrogen) atoms. The van der Waals surface area contributed by atoms with Gasteiger partial charge in [-0.3, -0.25) is 4.99 Å². The van der Waals surface area contributed by atoms with Crippen LogP contribution in [0.2, 0.25) is 0 Å². The van der Waals surface area contributed by atoms with Crippen LogP contribution in [0.1, 0.15) is 19.8 Å². The first-order valence-electron chi connectivity index (χ1n) is 8.06. The summed E-state index contributed by atoms with van der Waals surface area (Å²) in [6.45, 7) is 5.09. The van der Waals surface area contributed by atoms with Crippen molar-refractivity contribution >= 4 is 23.4 Å². The van der Waals surface area contributed by atoms with Crippen LogP contribution < -0.4 is 15.4 Å². The van der Waals surface area contributed by atoms with Gasteiger partial charge in [-0.1, -0.05) is 6.07 Å². The summed E-state index contributed by atoms with van der Waals surface area (Å²) in [5.41, 5.74) is 0.971. The quantitative estimate of drug-likeness (QED) is 0.368. The zero-order chi connectivity index (χ0) is 16.8. The van der Waals surface area contributed by atoms with E-state index in [4.69, 9.17) is 9.47 Å². The Morgan fingerprint density at radius 3 is 2.87 bits per heavy atom. The first-order valence-corrected chi connectivity index (χ1v) is 9.45. The number of hydrogen-bond donors (Lipinski definition) is 2. The van der Waals surface area contributed by atoms with Gasteiger partial charge in [0.2, 0.25) is 0 Å². The minimum Gasteiger partial charge on any atom is -0.493 e. The highest BCUT2D eigenvalue weighted by molar-refractivity contribution is 7.98. The molecule has 0 heterocycles. The van der Waals surface area contributed by atoms with Gasteiger partial charge >= 0.3 is 0 Å². The minimum absolute atomic E-state index is 0.653. The van der Waals surface area contributed by atoms with Crippen molar-refractivity contribution in [3.63, 3.8) is 0 Å². The fraction of sp³-hybridized carbons (Fsp3) is 0.588. The van der Waals surface area contributed by atoms with Crippen molar-refractivity contribution in [3.8, 4) is 5.75 Å². The maximum Gasteiger partial charge on any atom is 0.195 e. The van der Waals surface area contributed by atoms with Crippen molar-refractivity contribution in [3.05, 3.63) is 24.3 Å². The number of methoxy groups -OCH3 is 1. The molecule has 0 saturated heterocycles. The summed E-state index contributed by atoms with van der Waals surface area (Å²) in [6.07, 6.45) is 4.08. The van der Waals surface area contributed by atoms with Crippen LogP contribution in [0.15, 0.2) is 29.3 Å². The van der Waals surface area contributed by atoms with Gasteiger partial charge in [0.1, 0.15) is 5.75 Å². The molecular weight excluding hydrogens is 310 g/mol. The largest absolute Gasteiger partial charge is 0.493 e. The fourth-order valence-corrected chi connectivity index (χ4v) is 2.32. The molecule has 0 aliphatic carbocycles. The normalized spacial score (nSPS) is 11.3. The van der Waals surface area contributed by atoms with Crippen LogP contribution in [-0.4, -0.2) is 51.4 Å². The maximum absolute atomic E-state index is 5.72. The predicted octanol–water partition coefficient (Wildman–Crippen LogP) is 3.23. The van der Waals surface area contributed by atoms with Gasteiger partial charge in [0, 0.05) is 45.0 Å². The van der Waals surface area contributed by atoms with E-state index in [1.807, 2.05) is 36.0 Å². The summed E-state index contributed by atoms with van der Waals surface area (Å²) < 4.78 is 10.7.